The number of halogens is 2. The van der Waals surface area contributed by atoms with Crippen LogP contribution in [0.2, 0.25) is 0 Å². The summed E-state index contributed by atoms with van der Waals surface area (Å²) in [5, 5.41) is 1.51. The molecule has 0 aliphatic carbocycles. The first-order chi connectivity index (χ1) is 10.3. The standard InChI is InChI=1S/C17H18Br2O2/c18-11-13-20-17(21-14-12-19,15-7-3-1-4-8-15)16-9-5-2-6-10-16/h1-10H,11-14H2. The van der Waals surface area contributed by atoms with E-state index in [1.54, 1.807) is 0 Å². The maximum absolute atomic E-state index is 6.16. The van der Waals surface area contributed by atoms with Gasteiger partial charge in [0.25, 0.3) is 0 Å². The fourth-order valence-electron chi connectivity index (χ4n) is 2.22. The van der Waals surface area contributed by atoms with Crippen molar-refractivity contribution in [1.29, 1.82) is 0 Å². The predicted molar refractivity (Wildman–Crippen MR) is 93.2 cm³/mol. The molecule has 0 atom stereocenters. The van der Waals surface area contributed by atoms with Gasteiger partial charge in [-0.05, 0) is 0 Å². The Kier molecular flexibility index (Phi) is 6.90. The maximum Gasteiger partial charge on any atom is 0.222 e. The summed E-state index contributed by atoms with van der Waals surface area (Å²) < 4.78 is 12.3. The Morgan fingerprint density at radius 3 is 1.38 bits per heavy atom. The van der Waals surface area contributed by atoms with Gasteiger partial charge in [-0.3, -0.25) is 0 Å². The Morgan fingerprint density at radius 2 is 1.05 bits per heavy atom. The van der Waals surface area contributed by atoms with E-state index < -0.39 is 5.79 Å². The average molecular weight is 414 g/mol. The summed E-state index contributed by atoms with van der Waals surface area (Å²) in [5.74, 6) is -0.871. The number of hydrogen-bond donors (Lipinski definition) is 0. The number of hydrogen-bond acceptors (Lipinski definition) is 2. The summed E-state index contributed by atoms with van der Waals surface area (Å²) in [6.45, 7) is 1.12. The van der Waals surface area contributed by atoms with Crippen LogP contribution in [0.5, 0.6) is 0 Å². The molecular formula is C17H18Br2O2. The van der Waals surface area contributed by atoms with Gasteiger partial charge < -0.3 is 9.47 Å². The highest BCUT2D eigenvalue weighted by atomic mass is 79.9. The first-order valence-electron chi connectivity index (χ1n) is 6.84. The molecule has 0 fully saturated rings. The van der Waals surface area contributed by atoms with E-state index in [4.69, 9.17) is 9.47 Å². The third-order valence-corrected chi connectivity index (χ3v) is 3.72. The van der Waals surface area contributed by atoms with Crippen molar-refractivity contribution in [3.63, 3.8) is 0 Å². The molecule has 4 heteroatoms. The van der Waals surface area contributed by atoms with Crippen LogP contribution >= 0.6 is 31.9 Å². The molecule has 2 nitrogen and oxygen atoms in total. The highest BCUT2D eigenvalue weighted by Gasteiger charge is 2.36. The highest BCUT2D eigenvalue weighted by Crippen LogP contribution is 2.35. The summed E-state index contributed by atoms with van der Waals surface area (Å²) in [6.07, 6.45) is 0. The van der Waals surface area contributed by atoms with E-state index in [1.807, 2.05) is 60.7 Å². The molecule has 0 aliphatic rings. The normalized spacial score (nSPS) is 11.5. The molecule has 2 aromatic carbocycles. The molecule has 0 aliphatic heterocycles. The minimum Gasteiger partial charge on any atom is -0.341 e. The molecule has 2 aromatic rings. The molecule has 0 saturated carbocycles. The minimum atomic E-state index is -0.871. The lowest BCUT2D eigenvalue weighted by Gasteiger charge is -2.34. The van der Waals surface area contributed by atoms with E-state index in [9.17, 15) is 0 Å². The monoisotopic (exact) mass is 412 g/mol. The third kappa shape index (κ3) is 4.16. The van der Waals surface area contributed by atoms with Crippen molar-refractivity contribution in [2.75, 3.05) is 23.9 Å². The summed E-state index contributed by atoms with van der Waals surface area (Å²) >= 11 is 6.85. The number of ether oxygens (including phenoxy) is 2. The van der Waals surface area contributed by atoms with Crippen molar-refractivity contribution in [2.45, 2.75) is 5.79 Å². The second kappa shape index (κ2) is 8.69. The van der Waals surface area contributed by atoms with Crippen LogP contribution in [0.3, 0.4) is 0 Å². The molecule has 0 spiro atoms. The summed E-state index contributed by atoms with van der Waals surface area (Å²) in [5.41, 5.74) is 2.00. The van der Waals surface area contributed by atoms with Crippen LogP contribution in [-0.2, 0) is 15.3 Å². The van der Waals surface area contributed by atoms with Crippen molar-refractivity contribution in [3.8, 4) is 0 Å². The van der Waals surface area contributed by atoms with Crippen LogP contribution in [-0.4, -0.2) is 23.9 Å². The Hall–Kier alpha value is -0.680. The summed E-state index contributed by atoms with van der Waals surface area (Å²) in [4.78, 5) is 0. The van der Waals surface area contributed by atoms with Crippen molar-refractivity contribution < 1.29 is 9.47 Å². The molecule has 21 heavy (non-hydrogen) atoms. The van der Waals surface area contributed by atoms with Gasteiger partial charge in [0, 0.05) is 21.8 Å². The van der Waals surface area contributed by atoms with Gasteiger partial charge in [-0.25, -0.2) is 0 Å². The summed E-state index contributed by atoms with van der Waals surface area (Å²) in [6, 6.07) is 20.1. The number of rotatable bonds is 8. The zero-order chi connectivity index (χ0) is 15.0. The fraction of sp³-hybridized carbons (Fsp3) is 0.294. The molecule has 0 heterocycles. The molecule has 0 unspecified atom stereocenters. The third-order valence-electron chi connectivity index (χ3n) is 3.07. The van der Waals surface area contributed by atoms with Gasteiger partial charge in [0.05, 0.1) is 13.2 Å². The van der Waals surface area contributed by atoms with Gasteiger partial charge in [-0.15, -0.1) is 0 Å². The molecular weight excluding hydrogens is 396 g/mol. The van der Waals surface area contributed by atoms with E-state index in [0.29, 0.717) is 13.2 Å². The second-order valence-electron chi connectivity index (χ2n) is 4.42. The van der Waals surface area contributed by atoms with Gasteiger partial charge in [-0.2, -0.15) is 0 Å². The van der Waals surface area contributed by atoms with Gasteiger partial charge in [0.1, 0.15) is 0 Å². The Bertz CT molecular complexity index is 467. The quantitative estimate of drug-likeness (QED) is 0.460. The predicted octanol–water partition coefficient (Wildman–Crippen LogP) is 4.71. The molecule has 0 N–H and O–H groups in total. The fourth-order valence-corrected chi connectivity index (χ4v) is 2.55. The van der Waals surface area contributed by atoms with E-state index in [2.05, 4.69) is 31.9 Å². The van der Waals surface area contributed by atoms with Gasteiger partial charge in [0.15, 0.2) is 0 Å². The molecule has 112 valence electrons. The number of alkyl halides is 2. The highest BCUT2D eigenvalue weighted by molar-refractivity contribution is 9.09. The van der Waals surface area contributed by atoms with Crippen molar-refractivity contribution >= 4 is 31.9 Å². The van der Waals surface area contributed by atoms with Crippen LogP contribution < -0.4 is 0 Å². The maximum atomic E-state index is 6.16. The SMILES string of the molecule is BrCCOC(OCCBr)(c1ccccc1)c1ccccc1. The second-order valence-corrected chi connectivity index (χ2v) is 6.01. The average Bonchev–Trinajstić information content (AvgIpc) is 2.57. The van der Waals surface area contributed by atoms with Crippen LogP contribution in [0.4, 0.5) is 0 Å². The Labute approximate surface area is 142 Å². The lowest BCUT2D eigenvalue weighted by Crippen LogP contribution is -2.36. The van der Waals surface area contributed by atoms with Crippen LogP contribution in [0.15, 0.2) is 60.7 Å². The van der Waals surface area contributed by atoms with Gasteiger partial charge in [-0.1, -0.05) is 92.5 Å². The van der Waals surface area contributed by atoms with Crippen LogP contribution in [0, 0.1) is 0 Å². The first-order valence-corrected chi connectivity index (χ1v) is 9.08. The Balaban J connectivity index is 2.48. The van der Waals surface area contributed by atoms with Crippen molar-refractivity contribution in [2.24, 2.45) is 0 Å². The van der Waals surface area contributed by atoms with Crippen LogP contribution in [0.1, 0.15) is 11.1 Å². The van der Waals surface area contributed by atoms with E-state index in [1.165, 1.54) is 0 Å². The molecule has 0 radical (unpaired) electrons. The van der Waals surface area contributed by atoms with E-state index >= 15 is 0 Å². The smallest absolute Gasteiger partial charge is 0.222 e. The lowest BCUT2D eigenvalue weighted by atomic mass is 9.97. The van der Waals surface area contributed by atoms with Gasteiger partial charge in [0.2, 0.25) is 5.79 Å². The molecule has 0 bridgehead atoms. The zero-order valence-corrected chi connectivity index (χ0v) is 14.8. The lowest BCUT2D eigenvalue weighted by molar-refractivity contribution is -0.211. The van der Waals surface area contributed by atoms with Crippen molar-refractivity contribution in [1.82, 2.24) is 0 Å². The van der Waals surface area contributed by atoms with Gasteiger partial charge >= 0.3 is 0 Å². The largest absolute Gasteiger partial charge is 0.341 e. The molecule has 0 saturated heterocycles. The molecule has 0 amide bonds. The van der Waals surface area contributed by atoms with E-state index in [-0.39, 0.29) is 0 Å². The summed E-state index contributed by atoms with van der Waals surface area (Å²) in [7, 11) is 0. The number of benzene rings is 2. The Morgan fingerprint density at radius 1 is 0.667 bits per heavy atom. The molecule has 2 rings (SSSR count). The zero-order valence-electron chi connectivity index (χ0n) is 11.7. The minimum absolute atomic E-state index is 0.562. The molecule has 0 aromatic heterocycles. The first kappa shape index (κ1) is 16.7. The topological polar surface area (TPSA) is 18.5 Å². The van der Waals surface area contributed by atoms with Crippen molar-refractivity contribution in [3.05, 3.63) is 71.8 Å². The van der Waals surface area contributed by atoms with E-state index in [0.717, 1.165) is 21.8 Å². The van der Waals surface area contributed by atoms with Crippen LogP contribution in [0.25, 0.3) is 0 Å².